The van der Waals surface area contributed by atoms with Crippen LogP contribution in [-0.2, 0) is 17.1 Å². The molecule has 1 saturated carbocycles. The fourth-order valence-electron chi connectivity index (χ4n) is 5.18. The molecule has 0 bridgehead atoms. The molecule has 0 aromatic heterocycles. The van der Waals surface area contributed by atoms with Crippen LogP contribution in [0.3, 0.4) is 0 Å². The van der Waals surface area contributed by atoms with Crippen molar-refractivity contribution < 1.29 is 35.5 Å². The number of ether oxygens (including phenoxy) is 1. The van der Waals surface area contributed by atoms with Crippen LogP contribution in [-0.4, -0.2) is 19.2 Å². The largest absolute Gasteiger partial charge is 0.416 e. The first-order valence-electron chi connectivity index (χ1n) is 10.8. The van der Waals surface area contributed by atoms with Gasteiger partial charge in [-0.05, 0) is 86.1 Å². The van der Waals surface area contributed by atoms with Crippen LogP contribution in [0.2, 0.25) is 0 Å². The maximum absolute atomic E-state index is 13.5. The second-order valence-corrected chi connectivity index (χ2v) is 8.89. The summed E-state index contributed by atoms with van der Waals surface area (Å²) in [6.45, 7) is 3.03. The lowest BCUT2D eigenvalue weighted by Gasteiger charge is -2.41. The highest BCUT2D eigenvalue weighted by Crippen LogP contribution is 2.46. The summed E-state index contributed by atoms with van der Waals surface area (Å²) in [6, 6.07) is 7.61. The van der Waals surface area contributed by atoms with Gasteiger partial charge in [0.15, 0.2) is 0 Å². The third-order valence-corrected chi connectivity index (χ3v) is 6.79. The topological polar surface area (TPSA) is 21.3 Å². The van der Waals surface area contributed by atoms with E-state index in [1.54, 1.807) is 12.1 Å². The Morgan fingerprint density at radius 1 is 0.879 bits per heavy atom. The van der Waals surface area contributed by atoms with Crippen LogP contribution in [0.15, 0.2) is 42.5 Å². The van der Waals surface area contributed by atoms with Crippen LogP contribution in [0.4, 0.5) is 30.7 Å². The highest BCUT2D eigenvalue weighted by Gasteiger charge is 2.44. The molecule has 33 heavy (non-hydrogen) atoms. The Labute approximate surface area is 187 Å². The van der Waals surface area contributed by atoms with Gasteiger partial charge in [0, 0.05) is 5.92 Å². The van der Waals surface area contributed by atoms with E-state index in [0.29, 0.717) is 12.3 Å². The van der Waals surface area contributed by atoms with Crippen LogP contribution < -0.4 is 5.32 Å². The number of halogens is 7. The fourth-order valence-corrected chi connectivity index (χ4v) is 5.18. The van der Waals surface area contributed by atoms with Gasteiger partial charge in [-0.15, -0.1) is 0 Å². The predicted molar refractivity (Wildman–Crippen MR) is 108 cm³/mol. The Bertz CT molecular complexity index is 938. The molecule has 2 aromatic rings. The standard InChI is InChI=1S/C24H24F7NO/c1-13(16-8-17(23(26,27)28)10-18(9-16)24(29,30)31)33-21-7-4-15-11-32-12-20(15)22(21)14-2-5-19(25)6-3-14/h2-3,5-6,8-10,13,15,20-22,32H,4,7,11-12H2,1H3/t13-,15?,20?,21+,22+/m0/s1. The van der Waals surface area contributed by atoms with Crippen LogP contribution >= 0.6 is 0 Å². The van der Waals surface area contributed by atoms with Crippen molar-refractivity contribution in [3.63, 3.8) is 0 Å². The Balaban J connectivity index is 1.65. The van der Waals surface area contributed by atoms with Gasteiger partial charge in [-0.2, -0.15) is 26.3 Å². The molecule has 2 aromatic carbocycles. The maximum Gasteiger partial charge on any atom is 0.416 e. The minimum absolute atomic E-state index is 0.118. The Hall–Kier alpha value is -2.13. The number of hydrogen-bond donors (Lipinski definition) is 1. The number of benzene rings is 2. The smallest absolute Gasteiger partial charge is 0.370 e. The molecule has 9 heteroatoms. The summed E-state index contributed by atoms with van der Waals surface area (Å²) < 4.78 is 99.3. The molecule has 0 radical (unpaired) electrons. The van der Waals surface area contributed by atoms with Crippen LogP contribution in [0.5, 0.6) is 0 Å². The van der Waals surface area contributed by atoms with E-state index in [9.17, 15) is 30.7 Å². The molecule has 1 heterocycles. The quantitative estimate of drug-likeness (QED) is 0.496. The average molecular weight is 475 g/mol. The van der Waals surface area contributed by atoms with Crippen LogP contribution in [0.25, 0.3) is 0 Å². The lowest BCUT2D eigenvalue weighted by molar-refractivity contribution is -0.143. The normalized spacial score (nSPS) is 26.8. The molecule has 2 unspecified atom stereocenters. The van der Waals surface area contributed by atoms with E-state index in [1.165, 1.54) is 19.1 Å². The maximum atomic E-state index is 13.5. The lowest BCUT2D eigenvalue weighted by atomic mass is 9.69. The lowest BCUT2D eigenvalue weighted by Crippen LogP contribution is -2.38. The number of alkyl halides is 6. The molecule has 1 N–H and O–H groups in total. The third-order valence-electron chi connectivity index (χ3n) is 6.79. The second kappa shape index (κ2) is 8.91. The first kappa shape index (κ1) is 24.0. The summed E-state index contributed by atoms with van der Waals surface area (Å²) >= 11 is 0. The third kappa shape index (κ3) is 5.19. The molecule has 1 aliphatic carbocycles. The monoisotopic (exact) mass is 475 g/mol. The molecule has 4 rings (SSSR count). The van der Waals surface area contributed by atoms with Gasteiger partial charge < -0.3 is 10.1 Å². The Kier molecular flexibility index (Phi) is 6.48. The van der Waals surface area contributed by atoms with E-state index in [1.807, 2.05) is 0 Å². The summed E-state index contributed by atoms with van der Waals surface area (Å²) in [6.07, 6.45) is -9.80. The van der Waals surface area contributed by atoms with Crippen molar-refractivity contribution in [3.8, 4) is 0 Å². The van der Waals surface area contributed by atoms with Gasteiger partial charge in [0.05, 0.1) is 23.3 Å². The van der Waals surface area contributed by atoms with E-state index < -0.39 is 35.7 Å². The molecule has 1 aliphatic heterocycles. The number of rotatable bonds is 4. The Morgan fingerprint density at radius 2 is 1.48 bits per heavy atom. The second-order valence-electron chi connectivity index (χ2n) is 8.89. The predicted octanol–water partition coefficient (Wildman–Crippen LogP) is 6.72. The van der Waals surface area contributed by atoms with Gasteiger partial charge in [0.2, 0.25) is 0 Å². The van der Waals surface area contributed by atoms with E-state index in [0.717, 1.165) is 37.2 Å². The SMILES string of the molecule is C[C@H](O[C@@H]1CCC2CNCC2[C@H]1c1ccc(F)cc1)c1cc(C(F)(F)F)cc(C(F)(F)F)c1. The molecule has 0 amide bonds. The van der Waals surface area contributed by atoms with Crippen molar-refractivity contribution in [2.75, 3.05) is 13.1 Å². The van der Waals surface area contributed by atoms with Gasteiger partial charge >= 0.3 is 12.4 Å². The summed E-state index contributed by atoms with van der Waals surface area (Å²) in [7, 11) is 0. The van der Waals surface area contributed by atoms with Crippen molar-refractivity contribution >= 4 is 0 Å². The van der Waals surface area contributed by atoms with Gasteiger partial charge in [-0.3, -0.25) is 0 Å². The van der Waals surface area contributed by atoms with Crippen LogP contribution in [0, 0.1) is 17.7 Å². The van der Waals surface area contributed by atoms with Crippen molar-refractivity contribution in [3.05, 3.63) is 70.5 Å². The van der Waals surface area contributed by atoms with Gasteiger partial charge in [-0.1, -0.05) is 12.1 Å². The molecule has 0 spiro atoms. The molecule has 180 valence electrons. The highest BCUT2D eigenvalue weighted by atomic mass is 19.4. The minimum atomic E-state index is -4.92. The zero-order valence-electron chi connectivity index (χ0n) is 17.8. The van der Waals surface area contributed by atoms with Crippen LogP contribution in [0.1, 0.15) is 54.0 Å². The molecular weight excluding hydrogens is 451 g/mol. The summed E-state index contributed by atoms with van der Waals surface area (Å²) in [4.78, 5) is 0. The number of hydrogen-bond acceptors (Lipinski definition) is 2. The van der Waals surface area contributed by atoms with Crippen molar-refractivity contribution in [2.24, 2.45) is 11.8 Å². The fraction of sp³-hybridized carbons (Fsp3) is 0.500. The molecule has 2 aliphatic rings. The zero-order valence-corrected chi connectivity index (χ0v) is 17.8. The van der Waals surface area contributed by atoms with Crippen molar-refractivity contribution in [1.29, 1.82) is 0 Å². The first-order chi connectivity index (χ1) is 15.4. The van der Waals surface area contributed by atoms with Gasteiger partial charge in [-0.25, -0.2) is 4.39 Å². The average Bonchev–Trinajstić information content (AvgIpc) is 3.21. The molecule has 2 fully saturated rings. The van der Waals surface area contributed by atoms with E-state index in [-0.39, 0.29) is 29.3 Å². The number of fused-ring (bicyclic) bond motifs is 1. The summed E-state index contributed by atoms with van der Waals surface area (Å²) in [5, 5.41) is 3.35. The minimum Gasteiger partial charge on any atom is -0.370 e. The van der Waals surface area contributed by atoms with Crippen molar-refractivity contribution in [2.45, 2.75) is 50.2 Å². The van der Waals surface area contributed by atoms with Gasteiger partial charge in [0.25, 0.3) is 0 Å². The summed E-state index contributed by atoms with van der Waals surface area (Å²) in [5.41, 5.74) is -2.04. The molecule has 1 saturated heterocycles. The highest BCUT2D eigenvalue weighted by molar-refractivity contribution is 5.35. The molecule has 2 nitrogen and oxygen atoms in total. The first-order valence-corrected chi connectivity index (χ1v) is 10.8. The summed E-state index contributed by atoms with van der Waals surface area (Å²) in [5.74, 6) is 0.0501. The van der Waals surface area contributed by atoms with Crippen molar-refractivity contribution in [1.82, 2.24) is 5.32 Å². The van der Waals surface area contributed by atoms with E-state index >= 15 is 0 Å². The Morgan fingerprint density at radius 3 is 2.06 bits per heavy atom. The zero-order chi connectivity index (χ0) is 24.0. The molecular formula is C24H24F7NO. The van der Waals surface area contributed by atoms with Gasteiger partial charge in [0.1, 0.15) is 5.82 Å². The number of nitrogens with one attached hydrogen (secondary N) is 1. The molecule has 5 atom stereocenters. The van der Waals surface area contributed by atoms with E-state index in [4.69, 9.17) is 4.74 Å². The van der Waals surface area contributed by atoms with E-state index in [2.05, 4.69) is 5.32 Å².